The summed E-state index contributed by atoms with van der Waals surface area (Å²) in [5.41, 5.74) is 0. The smallest absolute Gasteiger partial charge is 0.313 e. The molecule has 0 amide bonds. The second kappa shape index (κ2) is 5.82. The van der Waals surface area contributed by atoms with E-state index in [1.54, 1.807) is 0 Å². The van der Waals surface area contributed by atoms with Gasteiger partial charge in [-0.1, -0.05) is 6.92 Å². The van der Waals surface area contributed by atoms with Gasteiger partial charge < -0.3 is 5.32 Å². The summed E-state index contributed by atoms with van der Waals surface area (Å²) >= 11 is 0. The lowest BCUT2D eigenvalue weighted by molar-refractivity contribution is -0.141. The SMILES string of the molecule is CCC1CCN(CC(F)(F)C(F)F)CCN1. The maximum atomic E-state index is 12.8. The fourth-order valence-electron chi connectivity index (χ4n) is 1.85. The van der Waals surface area contributed by atoms with Gasteiger partial charge in [-0.3, -0.25) is 4.90 Å². The molecule has 1 unspecified atom stereocenters. The van der Waals surface area contributed by atoms with Gasteiger partial charge in [-0.25, -0.2) is 8.78 Å². The monoisotopic (exact) mass is 242 g/mol. The molecule has 0 bridgehead atoms. The first-order valence-corrected chi connectivity index (χ1v) is 5.57. The Labute approximate surface area is 93.0 Å². The Morgan fingerprint density at radius 1 is 1.38 bits per heavy atom. The summed E-state index contributed by atoms with van der Waals surface area (Å²) in [5, 5.41) is 3.20. The van der Waals surface area contributed by atoms with Crippen LogP contribution in [0.5, 0.6) is 0 Å². The second-order valence-electron chi connectivity index (χ2n) is 4.19. The number of rotatable bonds is 4. The van der Waals surface area contributed by atoms with Crippen LogP contribution in [0.3, 0.4) is 0 Å². The normalized spacial score (nSPS) is 24.8. The van der Waals surface area contributed by atoms with Gasteiger partial charge in [-0.05, 0) is 19.4 Å². The van der Waals surface area contributed by atoms with E-state index in [0.29, 0.717) is 25.7 Å². The second-order valence-corrected chi connectivity index (χ2v) is 4.19. The van der Waals surface area contributed by atoms with Crippen molar-refractivity contribution < 1.29 is 17.6 Å². The van der Waals surface area contributed by atoms with Crippen LogP contribution < -0.4 is 5.32 Å². The summed E-state index contributed by atoms with van der Waals surface area (Å²) in [4.78, 5) is 1.41. The average molecular weight is 242 g/mol. The molecule has 0 saturated carbocycles. The molecule has 0 aromatic heterocycles. The van der Waals surface area contributed by atoms with Gasteiger partial charge in [-0.15, -0.1) is 0 Å². The summed E-state index contributed by atoms with van der Waals surface area (Å²) in [6.07, 6.45) is -1.92. The predicted octanol–water partition coefficient (Wildman–Crippen LogP) is 1.96. The molecular formula is C10H18F4N2. The summed E-state index contributed by atoms with van der Waals surface area (Å²) in [7, 11) is 0. The molecule has 96 valence electrons. The third-order valence-corrected chi connectivity index (χ3v) is 2.90. The van der Waals surface area contributed by atoms with E-state index in [2.05, 4.69) is 5.32 Å². The molecule has 0 radical (unpaired) electrons. The van der Waals surface area contributed by atoms with Gasteiger partial charge in [0.25, 0.3) is 0 Å². The molecule has 1 aliphatic rings. The maximum absolute atomic E-state index is 12.8. The molecule has 1 heterocycles. The number of hydrogen-bond acceptors (Lipinski definition) is 2. The maximum Gasteiger partial charge on any atom is 0.319 e. The van der Waals surface area contributed by atoms with Gasteiger partial charge in [-0.2, -0.15) is 8.78 Å². The van der Waals surface area contributed by atoms with Crippen LogP contribution in [-0.2, 0) is 0 Å². The van der Waals surface area contributed by atoms with Crippen molar-refractivity contribution in [1.29, 1.82) is 0 Å². The molecule has 0 aliphatic carbocycles. The van der Waals surface area contributed by atoms with Gasteiger partial charge in [0.2, 0.25) is 0 Å². The van der Waals surface area contributed by atoms with Gasteiger partial charge in [0, 0.05) is 19.1 Å². The summed E-state index contributed by atoms with van der Waals surface area (Å²) in [6.45, 7) is 2.61. The molecule has 2 nitrogen and oxygen atoms in total. The molecule has 1 saturated heterocycles. The Bertz CT molecular complexity index is 211. The first-order valence-electron chi connectivity index (χ1n) is 5.57. The minimum Gasteiger partial charge on any atom is -0.313 e. The van der Waals surface area contributed by atoms with E-state index in [1.807, 2.05) is 6.92 Å². The van der Waals surface area contributed by atoms with Crippen LogP contribution in [0.2, 0.25) is 0 Å². The number of nitrogens with one attached hydrogen (secondary N) is 1. The number of hydrogen-bond donors (Lipinski definition) is 1. The van der Waals surface area contributed by atoms with E-state index in [1.165, 1.54) is 4.90 Å². The van der Waals surface area contributed by atoms with Gasteiger partial charge in [0.1, 0.15) is 0 Å². The minimum atomic E-state index is -3.90. The van der Waals surface area contributed by atoms with Crippen molar-refractivity contribution in [2.45, 2.75) is 38.2 Å². The summed E-state index contributed by atoms with van der Waals surface area (Å²) in [6, 6.07) is 0.310. The molecule has 0 spiro atoms. The Morgan fingerprint density at radius 3 is 2.62 bits per heavy atom. The summed E-state index contributed by atoms with van der Waals surface area (Å²) in [5.74, 6) is -3.90. The lowest BCUT2D eigenvalue weighted by Crippen LogP contribution is -2.43. The zero-order chi connectivity index (χ0) is 12.2. The van der Waals surface area contributed by atoms with Crippen molar-refractivity contribution in [3.05, 3.63) is 0 Å². The van der Waals surface area contributed by atoms with Crippen molar-refractivity contribution in [3.63, 3.8) is 0 Å². The van der Waals surface area contributed by atoms with Crippen molar-refractivity contribution in [2.75, 3.05) is 26.2 Å². The van der Waals surface area contributed by atoms with Crippen LogP contribution in [0.4, 0.5) is 17.6 Å². The van der Waals surface area contributed by atoms with E-state index in [0.717, 1.165) is 12.8 Å². The Hall–Kier alpha value is -0.360. The van der Waals surface area contributed by atoms with Gasteiger partial charge in [0.05, 0.1) is 6.54 Å². The number of nitrogens with zero attached hydrogens (tertiary/aromatic N) is 1. The van der Waals surface area contributed by atoms with Crippen LogP contribution in [0.1, 0.15) is 19.8 Å². The van der Waals surface area contributed by atoms with Crippen LogP contribution in [-0.4, -0.2) is 49.5 Å². The third-order valence-electron chi connectivity index (χ3n) is 2.90. The van der Waals surface area contributed by atoms with E-state index in [-0.39, 0.29) is 0 Å². The van der Waals surface area contributed by atoms with Crippen LogP contribution in [0.25, 0.3) is 0 Å². The molecule has 1 rings (SSSR count). The lowest BCUT2D eigenvalue weighted by Gasteiger charge is -2.25. The van der Waals surface area contributed by atoms with Crippen LogP contribution in [0, 0.1) is 0 Å². The van der Waals surface area contributed by atoms with Gasteiger partial charge >= 0.3 is 12.3 Å². The van der Waals surface area contributed by atoms with Gasteiger partial charge in [0.15, 0.2) is 0 Å². The fourth-order valence-corrected chi connectivity index (χ4v) is 1.85. The lowest BCUT2D eigenvalue weighted by atomic mass is 10.1. The zero-order valence-corrected chi connectivity index (χ0v) is 9.36. The summed E-state index contributed by atoms with van der Waals surface area (Å²) < 4.78 is 49.7. The van der Waals surface area contributed by atoms with Crippen molar-refractivity contribution >= 4 is 0 Å². The first-order chi connectivity index (χ1) is 7.45. The standard InChI is InChI=1S/C10H18F4N2/c1-2-8-3-5-16(6-4-15-8)7-10(13,14)9(11)12/h8-9,15H,2-7H2,1H3. The largest absolute Gasteiger partial charge is 0.319 e. The number of alkyl halides is 4. The topological polar surface area (TPSA) is 15.3 Å². The fraction of sp³-hybridized carbons (Fsp3) is 1.00. The van der Waals surface area contributed by atoms with Crippen molar-refractivity contribution in [2.24, 2.45) is 0 Å². The Balaban J connectivity index is 2.43. The minimum absolute atomic E-state index is 0.310. The highest BCUT2D eigenvalue weighted by Crippen LogP contribution is 2.24. The highest BCUT2D eigenvalue weighted by molar-refractivity contribution is 4.79. The molecule has 1 atom stereocenters. The zero-order valence-electron chi connectivity index (χ0n) is 9.36. The molecule has 0 aromatic rings. The highest BCUT2D eigenvalue weighted by Gasteiger charge is 2.42. The predicted molar refractivity (Wildman–Crippen MR) is 54.1 cm³/mol. The molecule has 1 fully saturated rings. The molecule has 6 heteroatoms. The van der Waals surface area contributed by atoms with Crippen molar-refractivity contribution in [1.82, 2.24) is 10.2 Å². The third kappa shape index (κ3) is 3.90. The average Bonchev–Trinajstić information content (AvgIpc) is 2.42. The number of halogens is 4. The van der Waals surface area contributed by atoms with E-state index in [4.69, 9.17) is 0 Å². The van der Waals surface area contributed by atoms with Crippen molar-refractivity contribution in [3.8, 4) is 0 Å². The first kappa shape index (κ1) is 13.7. The van der Waals surface area contributed by atoms with E-state index >= 15 is 0 Å². The molecule has 16 heavy (non-hydrogen) atoms. The van der Waals surface area contributed by atoms with E-state index < -0.39 is 18.9 Å². The quantitative estimate of drug-likeness (QED) is 0.758. The Morgan fingerprint density at radius 2 is 2.06 bits per heavy atom. The van der Waals surface area contributed by atoms with Crippen LogP contribution >= 0.6 is 0 Å². The van der Waals surface area contributed by atoms with Crippen LogP contribution in [0.15, 0.2) is 0 Å². The Kier molecular flexibility index (Phi) is 4.98. The molecular weight excluding hydrogens is 224 g/mol. The molecule has 1 N–H and O–H groups in total. The molecule has 1 aliphatic heterocycles. The highest BCUT2D eigenvalue weighted by atomic mass is 19.3. The molecule has 0 aromatic carbocycles. The van der Waals surface area contributed by atoms with E-state index in [9.17, 15) is 17.6 Å².